The summed E-state index contributed by atoms with van der Waals surface area (Å²) in [5, 5.41) is 3.72. The first-order valence-corrected chi connectivity index (χ1v) is 8.81. The fourth-order valence-corrected chi connectivity index (χ4v) is 3.62. The summed E-state index contributed by atoms with van der Waals surface area (Å²) in [7, 11) is 0. The van der Waals surface area contributed by atoms with Crippen LogP contribution >= 0.6 is 0 Å². The Morgan fingerprint density at radius 3 is 2.81 bits per heavy atom. The van der Waals surface area contributed by atoms with Crippen molar-refractivity contribution in [3.8, 4) is 0 Å². The summed E-state index contributed by atoms with van der Waals surface area (Å²) in [6.07, 6.45) is 9.39. The summed E-state index contributed by atoms with van der Waals surface area (Å²) >= 11 is 0. The smallest absolute Gasteiger partial charge is 0.0773 e. The minimum atomic E-state index is 0.353. The minimum absolute atomic E-state index is 0.353. The molecule has 3 rings (SSSR count). The molecule has 0 aromatic heterocycles. The average molecular weight is 287 g/mol. The van der Waals surface area contributed by atoms with Crippen molar-refractivity contribution >= 4 is 0 Å². The highest BCUT2D eigenvalue weighted by molar-refractivity contribution is 5.33. The topological polar surface area (TPSA) is 21.3 Å². The van der Waals surface area contributed by atoms with Gasteiger partial charge in [-0.15, -0.1) is 0 Å². The lowest BCUT2D eigenvalue weighted by atomic mass is 9.83. The predicted octanol–water partition coefficient (Wildman–Crippen LogP) is 4.25. The first kappa shape index (κ1) is 15.1. The van der Waals surface area contributed by atoms with Crippen LogP contribution in [-0.2, 0) is 11.2 Å². The van der Waals surface area contributed by atoms with Crippen LogP contribution in [0.15, 0.2) is 24.3 Å². The van der Waals surface area contributed by atoms with Crippen molar-refractivity contribution in [3.05, 3.63) is 35.4 Å². The zero-order valence-corrected chi connectivity index (χ0v) is 13.3. The summed E-state index contributed by atoms with van der Waals surface area (Å²) in [6.45, 7) is 4.25. The molecule has 0 bridgehead atoms. The number of aryl methyl sites for hydroxylation is 1. The second kappa shape index (κ2) is 7.42. The van der Waals surface area contributed by atoms with Crippen molar-refractivity contribution in [1.82, 2.24) is 5.32 Å². The van der Waals surface area contributed by atoms with Gasteiger partial charge in [-0.2, -0.15) is 0 Å². The molecule has 1 fully saturated rings. The molecule has 2 nitrogen and oxygen atoms in total. The van der Waals surface area contributed by atoms with Crippen molar-refractivity contribution in [3.63, 3.8) is 0 Å². The third kappa shape index (κ3) is 3.67. The van der Waals surface area contributed by atoms with Gasteiger partial charge in [0.15, 0.2) is 0 Å². The molecule has 2 atom stereocenters. The zero-order valence-electron chi connectivity index (χ0n) is 13.3. The lowest BCUT2D eigenvalue weighted by Crippen LogP contribution is -2.38. The van der Waals surface area contributed by atoms with E-state index in [1.165, 1.54) is 43.2 Å². The molecule has 2 aliphatic rings. The molecule has 0 amide bonds. The minimum Gasteiger partial charge on any atom is -0.376 e. The summed E-state index contributed by atoms with van der Waals surface area (Å²) in [5.74, 6) is 0.947. The van der Waals surface area contributed by atoms with E-state index in [1.807, 2.05) is 0 Å². The molecule has 2 unspecified atom stereocenters. The Hall–Kier alpha value is -0.860. The zero-order chi connectivity index (χ0) is 14.5. The molecule has 2 heteroatoms. The van der Waals surface area contributed by atoms with Crippen LogP contribution in [0.25, 0.3) is 0 Å². The van der Waals surface area contributed by atoms with E-state index in [1.54, 1.807) is 0 Å². The molecule has 2 aliphatic carbocycles. The Kier molecular flexibility index (Phi) is 5.32. The molecular weight excluding hydrogens is 258 g/mol. The second-order valence-electron chi connectivity index (χ2n) is 6.66. The molecule has 1 N–H and O–H groups in total. The van der Waals surface area contributed by atoms with Crippen molar-refractivity contribution in [2.24, 2.45) is 5.92 Å². The van der Waals surface area contributed by atoms with Gasteiger partial charge in [-0.1, -0.05) is 50.5 Å². The summed E-state index contributed by atoms with van der Waals surface area (Å²) < 4.78 is 6.29. The van der Waals surface area contributed by atoms with Crippen LogP contribution in [0.5, 0.6) is 0 Å². The number of fused-ring (bicyclic) bond motifs is 1. The van der Waals surface area contributed by atoms with E-state index >= 15 is 0 Å². The number of hydrogen-bond acceptors (Lipinski definition) is 2. The lowest BCUT2D eigenvalue weighted by Gasteiger charge is -2.35. The van der Waals surface area contributed by atoms with Gasteiger partial charge in [-0.25, -0.2) is 0 Å². The fraction of sp³-hybridized carbons (Fsp3) is 0.684. The average Bonchev–Trinajstić information content (AvgIpc) is 2.48. The van der Waals surface area contributed by atoms with Gasteiger partial charge in [-0.05, 0) is 49.3 Å². The van der Waals surface area contributed by atoms with Crippen LogP contribution in [0.4, 0.5) is 0 Å². The molecule has 0 aliphatic heterocycles. The van der Waals surface area contributed by atoms with Crippen LogP contribution in [-0.4, -0.2) is 19.3 Å². The Bertz CT molecular complexity index is 441. The van der Waals surface area contributed by atoms with E-state index in [-0.39, 0.29) is 0 Å². The van der Waals surface area contributed by atoms with Crippen molar-refractivity contribution in [2.45, 2.75) is 64.0 Å². The van der Waals surface area contributed by atoms with Gasteiger partial charge in [0, 0.05) is 6.61 Å². The lowest BCUT2D eigenvalue weighted by molar-refractivity contribution is 0.00466. The standard InChI is InChI=1S/C19H29NO/c1-2-13-20-19-17-9-4-3-8-16(17)10-11-18(19)21-14-12-15-6-5-7-15/h3-4,8-9,15,18-20H,2,5-7,10-14H2,1H3. The van der Waals surface area contributed by atoms with Gasteiger partial charge >= 0.3 is 0 Å². The molecule has 0 spiro atoms. The molecule has 0 radical (unpaired) electrons. The monoisotopic (exact) mass is 287 g/mol. The van der Waals surface area contributed by atoms with Gasteiger partial charge in [0.05, 0.1) is 12.1 Å². The van der Waals surface area contributed by atoms with E-state index < -0.39 is 0 Å². The molecule has 116 valence electrons. The van der Waals surface area contributed by atoms with E-state index in [2.05, 4.69) is 36.5 Å². The first-order valence-electron chi connectivity index (χ1n) is 8.81. The normalized spacial score (nSPS) is 25.4. The maximum atomic E-state index is 6.29. The molecule has 0 saturated heterocycles. The Balaban J connectivity index is 1.61. The molecule has 1 saturated carbocycles. The summed E-state index contributed by atoms with van der Waals surface area (Å²) in [4.78, 5) is 0. The van der Waals surface area contributed by atoms with E-state index in [0.717, 1.165) is 31.9 Å². The van der Waals surface area contributed by atoms with Crippen LogP contribution < -0.4 is 5.32 Å². The van der Waals surface area contributed by atoms with Crippen LogP contribution in [0.3, 0.4) is 0 Å². The van der Waals surface area contributed by atoms with Crippen molar-refractivity contribution in [2.75, 3.05) is 13.2 Å². The molecular formula is C19H29NO. The fourth-order valence-electron chi connectivity index (χ4n) is 3.62. The van der Waals surface area contributed by atoms with E-state index in [4.69, 9.17) is 4.74 Å². The first-order chi connectivity index (χ1) is 10.4. The van der Waals surface area contributed by atoms with E-state index in [9.17, 15) is 0 Å². The molecule has 1 aromatic rings. The van der Waals surface area contributed by atoms with Gasteiger partial charge < -0.3 is 10.1 Å². The molecule has 1 aromatic carbocycles. The van der Waals surface area contributed by atoms with Crippen LogP contribution in [0, 0.1) is 5.92 Å². The number of rotatable bonds is 7. The highest BCUT2D eigenvalue weighted by atomic mass is 16.5. The highest BCUT2D eigenvalue weighted by Gasteiger charge is 2.29. The largest absolute Gasteiger partial charge is 0.376 e. The summed E-state index contributed by atoms with van der Waals surface area (Å²) in [5.41, 5.74) is 2.97. The maximum absolute atomic E-state index is 6.29. The Labute approximate surface area is 129 Å². The van der Waals surface area contributed by atoms with Gasteiger partial charge in [0.2, 0.25) is 0 Å². The predicted molar refractivity (Wildman–Crippen MR) is 87.5 cm³/mol. The van der Waals surface area contributed by atoms with Gasteiger partial charge in [-0.3, -0.25) is 0 Å². The van der Waals surface area contributed by atoms with Gasteiger partial charge in [0.1, 0.15) is 0 Å². The number of hydrogen-bond donors (Lipinski definition) is 1. The quantitative estimate of drug-likeness (QED) is 0.809. The van der Waals surface area contributed by atoms with Gasteiger partial charge in [0.25, 0.3) is 0 Å². The third-order valence-corrected chi connectivity index (χ3v) is 5.16. The Morgan fingerprint density at radius 2 is 2.05 bits per heavy atom. The SMILES string of the molecule is CCCNC1c2ccccc2CCC1OCCC1CCC1. The van der Waals surface area contributed by atoms with E-state index in [0.29, 0.717) is 12.1 Å². The maximum Gasteiger partial charge on any atom is 0.0773 e. The van der Waals surface area contributed by atoms with Crippen molar-refractivity contribution in [1.29, 1.82) is 0 Å². The summed E-state index contributed by atoms with van der Waals surface area (Å²) in [6, 6.07) is 9.27. The van der Waals surface area contributed by atoms with Crippen molar-refractivity contribution < 1.29 is 4.74 Å². The molecule has 0 heterocycles. The van der Waals surface area contributed by atoms with Crippen LogP contribution in [0.2, 0.25) is 0 Å². The number of ether oxygens (including phenoxy) is 1. The third-order valence-electron chi connectivity index (χ3n) is 5.16. The molecule has 21 heavy (non-hydrogen) atoms. The second-order valence-corrected chi connectivity index (χ2v) is 6.66. The Morgan fingerprint density at radius 1 is 1.19 bits per heavy atom. The van der Waals surface area contributed by atoms with Crippen LogP contribution in [0.1, 0.15) is 62.6 Å². The number of nitrogens with one attached hydrogen (secondary N) is 1. The number of benzene rings is 1. The highest BCUT2D eigenvalue weighted by Crippen LogP contribution is 2.33.